The lowest BCUT2D eigenvalue weighted by atomic mass is 9.98. The van der Waals surface area contributed by atoms with Crippen molar-refractivity contribution in [2.45, 2.75) is 123 Å². The van der Waals surface area contributed by atoms with Crippen molar-refractivity contribution < 1.29 is 89.3 Å². The summed E-state index contributed by atoms with van der Waals surface area (Å²) in [6.07, 6.45) is -15.0. The fourth-order valence-electron chi connectivity index (χ4n) is 6.39. The summed E-state index contributed by atoms with van der Waals surface area (Å²) >= 11 is 0. The molecule has 0 fully saturated rings. The molecule has 0 aromatic heterocycles. The Hall–Kier alpha value is -5.20. The number of benzene rings is 4. The summed E-state index contributed by atoms with van der Waals surface area (Å²) < 4.78 is 210. The summed E-state index contributed by atoms with van der Waals surface area (Å²) in [4.78, 5) is 20.6. The van der Waals surface area contributed by atoms with Crippen molar-refractivity contribution in [1.82, 2.24) is 9.44 Å². The predicted octanol–water partition coefficient (Wildman–Crippen LogP) is 11.2. The Morgan fingerprint density at radius 2 is 0.765 bits per heavy atom. The predicted molar refractivity (Wildman–Crippen MR) is 223 cm³/mol. The molecule has 2 atom stereocenters. The maximum absolute atomic E-state index is 13.3. The van der Waals surface area contributed by atoms with Crippen molar-refractivity contribution in [3.8, 4) is 0 Å². The topological polar surface area (TPSA) is 167 Å². The second-order valence-corrected chi connectivity index (χ2v) is 18.9. The summed E-state index contributed by atoms with van der Waals surface area (Å²) in [7, 11) is -8.49. The minimum atomic E-state index is -5.71. The van der Waals surface area contributed by atoms with Crippen molar-refractivity contribution >= 4 is 32.0 Å². The summed E-state index contributed by atoms with van der Waals surface area (Å²) in [6.45, 7) is 0. The highest BCUT2D eigenvalue weighted by atomic mass is 32.2. The van der Waals surface area contributed by atoms with E-state index in [4.69, 9.17) is 10.2 Å². The number of sulfonamides is 2. The first kappa shape index (κ1) is 57.1. The average Bonchev–Trinajstić information content (AvgIpc) is 3.23. The number of carbonyl (C=O) groups is 2. The summed E-state index contributed by atoms with van der Waals surface area (Å²) in [5.41, 5.74) is 2.13. The average molecular weight is 1020 g/mol. The fraction of sp³-hybridized carbons (Fsp3) is 0.409. The minimum Gasteiger partial charge on any atom is -0.481 e. The number of alkyl halides is 10. The molecule has 68 heavy (non-hydrogen) atoms. The van der Waals surface area contributed by atoms with E-state index in [0.29, 0.717) is 36.8 Å². The number of aryl methyl sites for hydroxylation is 2. The Morgan fingerprint density at radius 3 is 1.03 bits per heavy atom. The van der Waals surface area contributed by atoms with Crippen molar-refractivity contribution in [3.05, 3.63) is 131 Å². The van der Waals surface area contributed by atoms with Gasteiger partial charge in [-0.1, -0.05) is 48.5 Å². The molecule has 0 amide bonds. The van der Waals surface area contributed by atoms with Gasteiger partial charge in [0.25, 0.3) is 0 Å². The molecule has 0 unspecified atom stereocenters. The van der Waals surface area contributed by atoms with Gasteiger partial charge in [0.15, 0.2) is 0 Å². The molecular formula is C44H46F12N2O8S2. The minimum absolute atomic E-state index is 0.0464. The van der Waals surface area contributed by atoms with E-state index < -0.39 is 106 Å². The van der Waals surface area contributed by atoms with Gasteiger partial charge in [0.1, 0.15) is 11.6 Å². The first-order valence-corrected chi connectivity index (χ1v) is 23.5. The van der Waals surface area contributed by atoms with Crippen LogP contribution in [0.3, 0.4) is 0 Å². The van der Waals surface area contributed by atoms with Gasteiger partial charge in [-0.2, -0.15) is 43.9 Å². The van der Waals surface area contributed by atoms with E-state index in [9.17, 15) is 79.1 Å². The number of hydrogen-bond donors (Lipinski definition) is 4. The molecule has 4 N–H and O–H groups in total. The van der Waals surface area contributed by atoms with Crippen molar-refractivity contribution in [2.75, 3.05) is 0 Å². The third-order valence-electron chi connectivity index (χ3n) is 10.1. The zero-order valence-corrected chi connectivity index (χ0v) is 37.2. The van der Waals surface area contributed by atoms with Crippen LogP contribution in [0.2, 0.25) is 0 Å². The van der Waals surface area contributed by atoms with Gasteiger partial charge in [0.2, 0.25) is 20.0 Å². The first-order valence-electron chi connectivity index (χ1n) is 20.5. The highest BCUT2D eigenvalue weighted by Gasteiger charge is 2.57. The molecule has 0 saturated heterocycles. The number of aliphatic carboxylic acids is 2. The largest absolute Gasteiger partial charge is 0.481 e. The van der Waals surface area contributed by atoms with E-state index in [2.05, 4.69) is 9.44 Å². The highest BCUT2D eigenvalue weighted by molar-refractivity contribution is 7.89. The first-order chi connectivity index (χ1) is 31.4. The lowest BCUT2D eigenvalue weighted by molar-refractivity contribution is -0.284. The Balaban J connectivity index is 0.000000360. The van der Waals surface area contributed by atoms with Crippen LogP contribution in [0.4, 0.5) is 52.7 Å². The van der Waals surface area contributed by atoms with Gasteiger partial charge in [-0.15, -0.1) is 0 Å². The molecule has 0 aliphatic carbocycles. The molecule has 0 aliphatic heterocycles. The molecule has 24 heteroatoms. The summed E-state index contributed by atoms with van der Waals surface area (Å²) in [5, 5.41) is 17.4. The third kappa shape index (κ3) is 18.4. The fourth-order valence-corrected chi connectivity index (χ4v) is 8.90. The summed E-state index contributed by atoms with van der Waals surface area (Å²) in [5.74, 6) is -13.1. The molecule has 376 valence electrons. The quantitative estimate of drug-likeness (QED) is 0.0503. The molecule has 0 bridgehead atoms. The molecule has 0 radical (unpaired) electrons. The van der Waals surface area contributed by atoms with E-state index in [0.717, 1.165) is 59.7 Å². The molecule has 4 aromatic carbocycles. The van der Waals surface area contributed by atoms with Crippen LogP contribution in [0.25, 0.3) is 0 Å². The molecule has 0 heterocycles. The maximum Gasteiger partial charge on any atom is 0.453 e. The maximum atomic E-state index is 13.3. The van der Waals surface area contributed by atoms with Gasteiger partial charge in [0, 0.05) is 37.8 Å². The lowest BCUT2D eigenvalue weighted by Gasteiger charge is -2.23. The Labute approximate surface area is 383 Å². The second kappa shape index (κ2) is 24.4. The van der Waals surface area contributed by atoms with Gasteiger partial charge in [-0.05, 0) is 122 Å². The van der Waals surface area contributed by atoms with Crippen LogP contribution >= 0.6 is 0 Å². The molecule has 10 nitrogen and oxygen atoms in total. The van der Waals surface area contributed by atoms with E-state index in [1.807, 2.05) is 0 Å². The number of halogens is 12. The van der Waals surface area contributed by atoms with E-state index >= 15 is 0 Å². The van der Waals surface area contributed by atoms with E-state index in [-0.39, 0.29) is 35.5 Å². The third-order valence-corrected chi connectivity index (χ3v) is 13.1. The van der Waals surface area contributed by atoms with Crippen molar-refractivity contribution in [1.29, 1.82) is 0 Å². The standard InChI is InChI=1S/2C22H23F6NO4S/c2*23-17-10-12-18(13-11-17)34(32,33)29-19(4-2-14-21(24,25)22(26,27)28)16-8-6-15(7-9-16)3-1-5-20(30)31/h2*6-13,19,29H,1-5,14H2,(H,30,31)/t2*19-/m11/s1. The SMILES string of the molecule is O=C(O)CCCc1ccc([C@@H](CCCC(F)(F)C(F)(F)F)NS(=O)(=O)c2ccc(F)cc2)cc1.O=C(O)CCCc1ccc([C@@H](CCCC(F)(F)C(F)(F)F)NS(=O)(=O)c2ccc(F)cc2)cc1. The Kier molecular flexibility index (Phi) is 20.5. The van der Waals surface area contributed by atoms with Gasteiger partial charge >= 0.3 is 36.1 Å². The van der Waals surface area contributed by atoms with Crippen LogP contribution in [0.1, 0.15) is 98.5 Å². The van der Waals surface area contributed by atoms with Crippen molar-refractivity contribution in [3.63, 3.8) is 0 Å². The van der Waals surface area contributed by atoms with Crippen LogP contribution < -0.4 is 9.44 Å². The van der Waals surface area contributed by atoms with Crippen LogP contribution in [-0.4, -0.2) is 63.2 Å². The number of hydrogen-bond acceptors (Lipinski definition) is 6. The van der Waals surface area contributed by atoms with Gasteiger partial charge in [-0.25, -0.2) is 35.1 Å². The normalized spacial score (nSPS) is 13.6. The van der Waals surface area contributed by atoms with Crippen molar-refractivity contribution in [2.24, 2.45) is 0 Å². The van der Waals surface area contributed by atoms with Crippen LogP contribution in [0.5, 0.6) is 0 Å². The number of nitrogens with one attached hydrogen (secondary N) is 2. The molecule has 4 aromatic rings. The monoisotopic (exact) mass is 1020 g/mol. The summed E-state index contributed by atoms with van der Waals surface area (Å²) in [6, 6.07) is 17.8. The molecular weight excluding hydrogens is 977 g/mol. The highest BCUT2D eigenvalue weighted by Crippen LogP contribution is 2.41. The van der Waals surface area contributed by atoms with Crippen LogP contribution in [0.15, 0.2) is 107 Å². The smallest absolute Gasteiger partial charge is 0.453 e. The number of rotatable bonds is 24. The van der Waals surface area contributed by atoms with Gasteiger partial charge in [-0.3, -0.25) is 9.59 Å². The van der Waals surface area contributed by atoms with E-state index in [1.165, 1.54) is 24.3 Å². The van der Waals surface area contributed by atoms with Gasteiger partial charge < -0.3 is 10.2 Å². The van der Waals surface area contributed by atoms with E-state index in [1.54, 1.807) is 24.3 Å². The lowest BCUT2D eigenvalue weighted by Crippen LogP contribution is -2.36. The number of carboxylic acid groups (broad SMARTS) is 2. The Morgan fingerprint density at radius 1 is 0.471 bits per heavy atom. The number of carboxylic acids is 2. The zero-order chi connectivity index (χ0) is 51.1. The molecule has 4 rings (SSSR count). The Bertz CT molecular complexity index is 2280. The second-order valence-electron chi connectivity index (χ2n) is 15.4. The molecule has 0 aliphatic rings. The van der Waals surface area contributed by atoms with Crippen LogP contribution in [-0.2, 0) is 42.5 Å². The van der Waals surface area contributed by atoms with Gasteiger partial charge in [0.05, 0.1) is 9.79 Å². The molecule has 0 spiro atoms. The molecule has 0 saturated carbocycles. The van der Waals surface area contributed by atoms with Crippen LogP contribution in [0, 0.1) is 11.6 Å². The zero-order valence-electron chi connectivity index (χ0n) is 35.6.